The van der Waals surface area contributed by atoms with Crippen molar-refractivity contribution in [2.24, 2.45) is 11.3 Å². The van der Waals surface area contributed by atoms with Gasteiger partial charge in [0.2, 0.25) is 16.8 Å². The third-order valence-corrected chi connectivity index (χ3v) is 12.3. The molecule has 15 heteroatoms. The predicted octanol–water partition coefficient (Wildman–Crippen LogP) is 4.82. The normalized spacial score (nSPS) is 20.2. The van der Waals surface area contributed by atoms with Crippen molar-refractivity contribution in [2.45, 2.75) is 81.9 Å². The number of hydrogen-bond donors (Lipinski definition) is 4. The number of hydrogen-bond acceptors (Lipinski definition) is 9. The number of fused-ring (bicyclic) bond motifs is 2. The number of aliphatic hydroxyl groups excluding tert-OH is 1. The standard InChI is InChI=1S/C40H52N4O10S/c1-40(2,18-9-10-19-41-38(46)42-23-29-13-7-4-8-14-29)26-43(55(49,50)30-15-16-35-36(22-30)54-27-53-35)24-34(45)32(21-28-11-5-3-6-12-28)44(39(47)48)33-25-52-37-31(33)17-20-51-37/h3-8,11-16,22,31-34,37,45H,9-10,17-21,23-27H2,1-2H3,(H,47,48)(H2,41,42,46)/t31-,32-,33-,34+,37+/m0/s1. The number of sulfonamides is 1. The van der Waals surface area contributed by atoms with Gasteiger partial charge in [-0.3, -0.25) is 4.90 Å². The molecule has 3 aromatic carbocycles. The maximum Gasteiger partial charge on any atom is 0.407 e. The Balaban J connectivity index is 1.19. The fourth-order valence-corrected chi connectivity index (χ4v) is 9.29. The summed E-state index contributed by atoms with van der Waals surface area (Å²) in [6, 6.07) is 21.4. The first kappa shape index (κ1) is 40.3. The molecule has 0 unspecified atom stereocenters. The molecule has 0 radical (unpaired) electrons. The maximum atomic E-state index is 14.5. The Morgan fingerprint density at radius 1 is 0.927 bits per heavy atom. The summed E-state index contributed by atoms with van der Waals surface area (Å²) in [6.07, 6.45) is -0.435. The number of benzene rings is 3. The van der Waals surface area contributed by atoms with Gasteiger partial charge in [0.05, 0.1) is 36.3 Å². The Kier molecular flexibility index (Phi) is 13.2. The number of urea groups is 1. The Hall–Kier alpha value is -4.41. The molecular weight excluding hydrogens is 729 g/mol. The second-order valence-corrected chi connectivity index (χ2v) is 17.1. The first-order chi connectivity index (χ1) is 26.4. The third kappa shape index (κ3) is 10.3. The highest BCUT2D eigenvalue weighted by Crippen LogP contribution is 2.38. The minimum absolute atomic E-state index is 0.0260. The van der Waals surface area contributed by atoms with Gasteiger partial charge in [0.25, 0.3) is 0 Å². The van der Waals surface area contributed by atoms with Crippen molar-refractivity contribution in [1.82, 2.24) is 19.8 Å². The second kappa shape index (κ2) is 18.0. The molecule has 55 heavy (non-hydrogen) atoms. The quantitative estimate of drug-likeness (QED) is 0.131. The number of aliphatic hydroxyl groups is 1. The lowest BCUT2D eigenvalue weighted by Gasteiger charge is -2.40. The molecule has 298 valence electrons. The molecule has 0 aliphatic carbocycles. The van der Waals surface area contributed by atoms with Crippen LogP contribution in [0, 0.1) is 11.3 Å². The van der Waals surface area contributed by atoms with E-state index in [1.165, 1.54) is 21.3 Å². The van der Waals surface area contributed by atoms with E-state index < -0.39 is 46.0 Å². The second-order valence-electron chi connectivity index (χ2n) is 15.1. The molecule has 0 bridgehead atoms. The van der Waals surface area contributed by atoms with Gasteiger partial charge < -0.3 is 39.8 Å². The summed E-state index contributed by atoms with van der Waals surface area (Å²) in [5.41, 5.74) is 1.22. The Bertz CT molecular complexity index is 1850. The number of unbranched alkanes of at least 4 members (excludes halogenated alkanes) is 1. The number of amides is 3. The van der Waals surface area contributed by atoms with Crippen molar-refractivity contribution in [2.75, 3.05) is 39.6 Å². The fraction of sp³-hybridized carbons (Fsp3) is 0.500. The molecule has 14 nitrogen and oxygen atoms in total. The Morgan fingerprint density at radius 3 is 2.36 bits per heavy atom. The van der Waals surface area contributed by atoms with Crippen molar-refractivity contribution in [3.63, 3.8) is 0 Å². The largest absolute Gasteiger partial charge is 0.465 e. The molecule has 2 fully saturated rings. The summed E-state index contributed by atoms with van der Waals surface area (Å²) in [7, 11) is -4.25. The topological polar surface area (TPSA) is 176 Å². The molecule has 0 spiro atoms. The van der Waals surface area contributed by atoms with E-state index in [0.29, 0.717) is 56.9 Å². The lowest BCUT2D eigenvalue weighted by molar-refractivity contribution is -0.0906. The van der Waals surface area contributed by atoms with E-state index in [-0.39, 0.29) is 49.8 Å². The summed E-state index contributed by atoms with van der Waals surface area (Å²) in [5.74, 6) is 0.523. The third-order valence-electron chi connectivity index (χ3n) is 10.5. The van der Waals surface area contributed by atoms with Crippen LogP contribution in [0.5, 0.6) is 11.5 Å². The average molecular weight is 781 g/mol. The van der Waals surface area contributed by atoms with Crippen molar-refractivity contribution in [1.29, 1.82) is 0 Å². The van der Waals surface area contributed by atoms with E-state index >= 15 is 0 Å². The van der Waals surface area contributed by atoms with Crippen molar-refractivity contribution >= 4 is 22.1 Å². The highest BCUT2D eigenvalue weighted by Gasteiger charge is 2.49. The Labute approximate surface area is 322 Å². The molecule has 3 aromatic rings. The zero-order valence-corrected chi connectivity index (χ0v) is 32.2. The van der Waals surface area contributed by atoms with Gasteiger partial charge in [-0.2, -0.15) is 4.31 Å². The first-order valence-electron chi connectivity index (χ1n) is 18.8. The molecule has 2 saturated heterocycles. The number of carbonyl (C=O) groups excluding carboxylic acids is 1. The van der Waals surface area contributed by atoms with E-state index in [1.54, 1.807) is 6.07 Å². The number of carboxylic acid groups (broad SMARTS) is 1. The SMILES string of the molecule is CC(C)(CCCCNC(=O)NCc1ccccc1)CN(C[C@@H](O)[C@H](Cc1ccccc1)N(C(=O)O)[C@H]1CO[C@H]2OCC[C@H]21)S(=O)(=O)c1ccc2c(c1)OCO2. The van der Waals surface area contributed by atoms with Crippen LogP contribution in [-0.4, -0.2) is 104 Å². The van der Waals surface area contributed by atoms with Crippen LogP contribution in [0.3, 0.4) is 0 Å². The summed E-state index contributed by atoms with van der Waals surface area (Å²) in [6.45, 7) is 4.96. The molecule has 3 heterocycles. The van der Waals surface area contributed by atoms with Crippen LogP contribution in [0.25, 0.3) is 0 Å². The zero-order valence-electron chi connectivity index (χ0n) is 31.3. The minimum atomic E-state index is -4.25. The van der Waals surface area contributed by atoms with Crippen LogP contribution in [0.15, 0.2) is 83.8 Å². The van der Waals surface area contributed by atoms with Gasteiger partial charge in [-0.25, -0.2) is 18.0 Å². The van der Waals surface area contributed by atoms with Gasteiger partial charge in [0, 0.05) is 38.2 Å². The van der Waals surface area contributed by atoms with E-state index in [1.807, 2.05) is 74.5 Å². The molecule has 4 N–H and O–H groups in total. The molecule has 5 atom stereocenters. The molecule has 3 amide bonds. The lowest BCUT2D eigenvalue weighted by atomic mass is 9.87. The molecule has 3 aliphatic heterocycles. The van der Waals surface area contributed by atoms with Gasteiger partial charge in [-0.15, -0.1) is 0 Å². The van der Waals surface area contributed by atoms with E-state index in [9.17, 15) is 28.2 Å². The molecular formula is C40H52N4O10S. The van der Waals surface area contributed by atoms with Gasteiger partial charge in [-0.1, -0.05) is 80.9 Å². The highest BCUT2D eigenvalue weighted by atomic mass is 32.2. The van der Waals surface area contributed by atoms with E-state index in [4.69, 9.17) is 18.9 Å². The average Bonchev–Trinajstić information content (AvgIpc) is 3.93. The zero-order chi connectivity index (χ0) is 39.0. The lowest BCUT2D eigenvalue weighted by Crippen LogP contribution is -2.58. The summed E-state index contributed by atoms with van der Waals surface area (Å²) in [4.78, 5) is 26.7. The van der Waals surface area contributed by atoms with Crippen LogP contribution in [-0.2, 0) is 32.5 Å². The highest BCUT2D eigenvalue weighted by molar-refractivity contribution is 7.89. The van der Waals surface area contributed by atoms with Gasteiger partial charge >= 0.3 is 12.1 Å². The summed E-state index contributed by atoms with van der Waals surface area (Å²) < 4.78 is 52.8. The number of nitrogens with zero attached hydrogens (tertiary/aromatic N) is 2. The van der Waals surface area contributed by atoms with Gasteiger partial charge in [-0.05, 0) is 54.4 Å². The van der Waals surface area contributed by atoms with Crippen LogP contribution < -0.4 is 20.1 Å². The molecule has 0 saturated carbocycles. The van der Waals surface area contributed by atoms with Crippen molar-refractivity contribution in [3.8, 4) is 11.5 Å². The number of carbonyl (C=O) groups is 2. The van der Waals surface area contributed by atoms with Crippen LogP contribution in [0.4, 0.5) is 9.59 Å². The Morgan fingerprint density at radius 2 is 1.64 bits per heavy atom. The summed E-state index contributed by atoms with van der Waals surface area (Å²) in [5, 5.41) is 28.6. The first-order valence-corrected chi connectivity index (χ1v) is 20.3. The van der Waals surface area contributed by atoms with Crippen LogP contribution >= 0.6 is 0 Å². The maximum absolute atomic E-state index is 14.5. The predicted molar refractivity (Wildman–Crippen MR) is 203 cm³/mol. The van der Waals surface area contributed by atoms with Gasteiger partial charge in [0.1, 0.15) is 0 Å². The molecule has 3 aliphatic rings. The molecule has 6 rings (SSSR count). The van der Waals surface area contributed by atoms with Crippen LogP contribution in [0.2, 0.25) is 0 Å². The smallest absolute Gasteiger partial charge is 0.407 e. The van der Waals surface area contributed by atoms with Gasteiger partial charge in [0.15, 0.2) is 17.8 Å². The number of ether oxygens (including phenoxy) is 4. The van der Waals surface area contributed by atoms with Crippen molar-refractivity contribution < 1.29 is 47.2 Å². The van der Waals surface area contributed by atoms with E-state index in [0.717, 1.165) is 11.1 Å². The monoisotopic (exact) mass is 780 g/mol. The number of nitrogens with one attached hydrogen (secondary N) is 2. The van der Waals surface area contributed by atoms with Crippen LogP contribution in [0.1, 0.15) is 50.7 Å². The summed E-state index contributed by atoms with van der Waals surface area (Å²) >= 11 is 0. The minimum Gasteiger partial charge on any atom is -0.465 e. The van der Waals surface area contributed by atoms with E-state index in [2.05, 4.69) is 10.6 Å². The molecule has 0 aromatic heterocycles. The van der Waals surface area contributed by atoms with Crippen molar-refractivity contribution in [3.05, 3.63) is 90.0 Å². The number of rotatable bonds is 18. The fourth-order valence-electron chi connectivity index (χ4n) is 7.63.